The number of carbonyl (C=O) groups is 1. The fourth-order valence-electron chi connectivity index (χ4n) is 4.19. The maximum atomic E-state index is 13.0. The van der Waals surface area contributed by atoms with Gasteiger partial charge >= 0.3 is 0 Å². The van der Waals surface area contributed by atoms with E-state index in [-0.39, 0.29) is 24.0 Å². The average molecular weight is 361 g/mol. The first kappa shape index (κ1) is 16.8. The Bertz CT molecular complexity index is 820. The maximum Gasteiger partial charge on any atom is 0.252 e. The van der Waals surface area contributed by atoms with Crippen molar-refractivity contribution >= 4 is 28.4 Å². The van der Waals surface area contributed by atoms with Gasteiger partial charge in [0.15, 0.2) is 0 Å². The van der Waals surface area contributed by atoms with Crippen LogP contribution in [0.2, 0.25) is 5.02 Å². The minimum absolute atomic E-state index is 0.0747. The van der Waals surface area contributed by atoms with Crippen molar-refractivity contribution in [1.29, 1.82) is 0 Å². The second-order valence-corrected chi connectivity index (χ2v) is 7.32. The molecule has 132 valence electrons. The van der Waals surface area contributed by atoms with Gasteiger partial charge in [-0.15, -0.1) is 0 Å². The van der Waals surface area contributed by atoms with E-state index in [0.29, 0.717) is 23.1 Å². The zero-order valence-corrected chi connectivity index (χ0v) is 15.0. The Morgan fingerprint density at radius 1 is 1.44 bits per heavy atom. The number of carbonyl (C=O) groups excluding carboxylic acids is 1. The quantitative estimate of drug-likeness (QED) is 0.910. The number of nitrogens with one attached hydrogen (secondary N) is 1. The number of aryl methyl sites for hydroxylation is 1. The van der Waals surface area contributed by atoms with Crippen LogP contribution < -0.4 is 5.32 Å². The monoisotopic (exact) mass is 360 g/mol. The molecule has 1 aromatic carbocycles. The highest BCUT2D eigenvalue weighted by molar-refractivity contribution is 6.31. The van der Waals surface area contributed by atoms with Crippen molar-refractivity contribution in [2.24, 2.45) is 11.8 Å². The molecular weight excluding hydrogens is 340 g/mol. The lowest BCUT2D eigenvalue weighted by atomic mass is 9.67. The van der Waals surface area contributed by atoms with Crippen LogP contribution in [0.5, 0.6) is 0 Å². The van der Waals surface area contributed by atoms with E-state index < -0.39 is 0 Å². The molecule has 1 amide bonds. The minimum Gasteiger partial charge on any atom is -0.384 e. The molecule has 4 rings (SSSR count). The molecule has 2 aromatic rings. The number of amides is 1. The first-order valence-corrected chi connectivity index (χ1v) is 8.94. The molecule has 1 N–H and O–H groups in total. The first-order chi connectivity index (χ1) is 12.1. The standard InChI is InChI=1S/C19H21ClN2O3/c1-10-7-14(12-4-3-11(20)8-16(12)21-10)19(23)22-17-13-5-6-25-18(13)15(17)9-24-2/h3-4,7-8,13,15,17-18H,5-6,9H2,1-2H3,(H,22,23)/t13-,15+,17+,18-/m0/s1. The Hall–Kier alpha value is -1.69. The molecule has 0 unspecified atom stereocenters. The molecule has 2 aliphatic rings. The third-order valence-electron chi connectivity index (χ3n) is 5.33. The van der Waals surface area contributed by atoms with Crippen molar-refractivity contribution in [3.05, 3.63) is 40.5 Å². The van der Waals surface area contributed by atoms with Crippen LogP contribution in [0.15, 0.2) is 24.3 Å². The number of halogens is 1. The molecule has 4 atom stereocenters. The third kappa shape index (κ3) is 2.90. The highest BCUT2D eigenvalue weighted by atomic mass is 35.5. The van der Waals surface area contributed by atoms with E-state index in [4.69, 9.17) is 21.1 Å². The van der Waals surface area contributed by atoms with Crippen molar-refractivity contribution in [2.45, 2.75) is 25.5 Å². The van der Waals surface area contributed by atoms with Gasteiger partial charge in [-0.05, 0) is 31.5 Å². The van der Waals surface area contributed by atoms with Gasteiger partial charge in [0.2, 0.25) is 0 Å². The van der Waals surface area contributed by atoms with E-state index in [1.54, 1.807) is 19.2 Å². The number of methoxy groups -OCH3 is 1. The number of hydrogen-bond donors (Lipinski definition) is 1. The van der Waals surface area contributed by atoms with Gasteiger partial charge in [0.25, 0.3) is 5.91 Å². The number of hydrogen-bond acceptors (Lipinski definition) is 4. The number of pyridine rings is 1. The molecule has 2 heterocycles. The van der Waals surface area contributed by atoms with Crippen LogP contribution in [-0.2, 0) is 9.47 Å². The van der Waals surface area contributed by atoms with Crippen LogP contribution in [0.25, 0.3) is 10.9 Å². The van der Waals surface area contributed by atoms with Gasteiger partial charge in [0.05, 0.1) is 23.8 Å². The molecule has 1 aliphatic heterocycles. The van der Waals surface area contributed by atoms with Crippen molar-refractivity contribution in [1.82, 2.24) is 10.3 Å². The van der Waals surface area contributed by atoms with Gasteiger partial charge in [-0.2, -0.15) is 0 Å². The Labute approximate surface area is 151 Å². The molecule has 1 aliphatic carbocycles. The number of nitrogens with zero attached hydrogens (tertiary/aromatic N) is 1. The van der Waals surface area contributed by atoms with Gasteiger partial charge in [-0.3, -0.25) is 9.78 Å². The molecule has 0 radical (unpaired) electrons. The zero-order valence-electron chi connectivity index (χ0n) is 14.3. The van der Waals surface area contributed by atoms with E-state index >= 15 is 0 Å². The van der Waals surface area contributed by atoms with Crippen LogP contribution in [0.3, 0.4) is 0 Å². The predicted molar refractivity (Wildman–Crippen MR) is 96.0 cm³/mol. The molecule has 0 bridgehead atoms. The van der Waals surface area contributed by atoms with Gasteiger partial charge in [0, 0.05) is 47.7 Å². The Morgan fingerprint density at radius 3 is 3.08 bits per heavy atom. The predicted octanol–water partition coefficient (Wildman–Crippen LogP) is 2.98. The summed E-state index contributed by atoms with van der Waals surface area (Å²) in [5.74, 6) is 0.520. The lowest BCUT2D eigenvalue weighted by Crippen LogP contribution is -2.62. The molecule has 5 nitrogen and oxygen atoms in total. The second kappa shape index (κ2) is 6.56. The molecule has 6 heteroatoms. The maximum absolute atomic E-state index is 13.0. The molecular formula is C19H21ClN2O3. The molecule has 1 aromatic heterocycles. The normalized spacial score (nSPS) is 27.8. The molecule has 2 fully saturated rings. The summed E-state index contributed by atoms with van der Waals surface area (Å²) in [6, 6.07) is 7.36. The van der Waals surface area contributed by atoms with Crippen LogP contribution in [0, 0.1) is 18.8 Å². The van der Waals surface area contributed by atoms with Crippen LogP contribution >= 0.6 is 11.6 Å². The van der Waals surface area contributed by atoms with E-state index in [1.165, 1.54) is 0 Å². The van der Waals surface area contributed by atoms with Gasteiger partial charge in [-0.25, -0.2) is 0 Å². The van der Waals surface area contributed by atoms with Crippen LogP contribution in [0.1, 0.15) is 22.5 Å². The Morgan fingerprint density at radius 2 is 2.28 bits per heavy atom. The first-order valence-electron chi connectivity index (χ1n) is 8.57. The molecule has 0 spiro atoms. The molecule has 1 saturated carbocycles. The summed E-state index contributed by atoms with van der Waals surface area (Å²) in [5.41, 5.74) is 2.17. The van der Waals surface area contributed by atoms with Crippen molar-refractivity contribution in [3.8, 4) is 0 Å². The third-order valence-corrected chi connectivity index (χ3v) is 5.56. The van der Waals surface area contributed by atoms with E-state index in [9.17, 15) is 4.79 Å². The Kier molecular flexibility index (Phi) is 4.40. The molecule has 1 saturated heterocycles. The number of rotatable bonds is 4. The average Bonchev–Trinajstić information content (AvgIpc) is 3.00. The second-order valence-electron chi connectivity index (χ2n) is 6.88. The van der Waals surface area contributed by atoms with E-state index in [2.05, 4.69) is 10.3 Å². The summed E-state index contributed by atoms with van der Waals surface area (Å²) in [5, 5.41) is 4.64. The topological polar surface area (TPSA) is 60.5 Å². The SMILES string of the molecule is COC[C@@H]1[C@H](NC(=O)c2cc(C)nc3cc(Cl)ccc23)[C@@H]2CCO[C@H]12. The molecule has 25 heavy (non-hydrogen) atoms. The van der Waals surface area contributed by atoms with Gasteiger partial charge < -0.3 is 14.8 Å². The summed E-state index contributed by atoms with van der Waals surface area (Å²) in [6.07, 6.45) is 1.20. The number of benzene rings is 1. The summed E-state index contributed by atoms with van der Waals surface area (Å²) in [4.78, 5) is 17.5. The summed E-state index contributed by atoms with van der Waals surface area (Å²) in [7, 11) is 1.69. The number of fused-ring (bicyclic) bond motifs is 2. The lowest BCUT2D eigenvalue weighted by Gasteiger charge is -2.47. The summed E-state index contributed by atoms with van der Waals surface area (Å²) < 4.78 is 11.1. The summed E-state index contributed by atoms with van der Waals surface area (Å²) in [6.45, 7) is 3.24. The van der Waals surface area contributed by atoms with Gasteiger partial charge in [-0.1, -0.05) is 17.7 Å². The van der Waals surface area contributed by atoms with Gasteiger partial charge in [0.1, 0.15) is 0 Å². The van der Waals surface area contributed by atoms with E-state index in [1.807, 2.05) is 19.1 Å². The van der Waals surface area contributed by atoms with E-state index in [0.717, 1.165) is 29.6 Å². The van der Waals surface area contributed by atoms with Crippen LogP contribution in [-0.4, -0.2) is 43.4 Å². The Balaban J connectivity index is 1.62. The van der Waals surface area contributed by atoms with Crippen molar-refractivity contribution < 1.29 is 14.3 Å². The lowest BCUT2D eigenvalue weighted by molar-refractivity contribution is -0.0809. The smallest absolute Gasteiger partial charge is 0.252 e. The summed E-state index contributed by atoms with van der Waals surface area (Å²) >= 11 is 6.07. The fraction of sp³-hybridized carbons (Fsp3) is 0.474. The number of aromatic nitrogens is 1. The largest absolute Gasteiger partial charge is 0.384 e. The number of ether oxygens (including phenoxy) is 2. The van der Waals surface area contributed by atoms with Crippen LogP contribution in [0.4, 0.5) is 0 Å². The highest BCUT2D eigenvalue weighted by Crippen LogP contribution is 2.44. The zero-order chi connectivity index (χ0) is 17.6. The van der Waals surface area contributed by atoms with Crippen molar-refractivity contribution in [3.63, 3.8) is 0 Å². The fourth-order valence-corrected chi connectivity index (χ4v) is 4.35. The van der Waals surface area contributed by atoms with Crippen molar-refractivity contribution in [2.75, 3.05) is 20.3 Å². The highest BCUT2D eigenvalue weighted by Gasteiger charge is 2.54. The minimum atomic E-state index is -0.0747.